The SMILES string of the molecule is CCCNC(=S)N/N=C/c1sc(Nc2ccccc2OC)nc1Cl. The zero-order valence-corrected chi connectivity index (χ0v) is 15.7. The van der Waals surface area contributed by atoms with Crippen LogP contribution in [0, 0.1) is 0 Å². The van der Waals surface area contributed by atoms with E-state index in [1.807, 2.05) is 24.3 Å². The number of rotatable bonds is 7. The van der Waals surface area contributed by atoms with E-state index in [-0.39, 0.29) is 0 Å². The summed E-state index contributed by atoms with van der Waals surface area (Å²) in [4.78, 5) is 5.00. The van der Waals surface area contributed by atoms with Gasteiger partial charge < -0.3 is 15.4 Å². The van der Waals surface area contributed by atoms with Gasteiger partial charge in [0, 0.05) is 6.54 Å². The summed E-state index contributed by atoms with van der Waals surface area (Å²) in [6, 6.07) is 7.59. The van der Waals surface area contributed by atoms with Crippen molar-refractivity contribution in [3.63, 3.8) is 0 Å². The highest BCUT2D eigenvalue weighted by atomic mass is 35.5. The molecule has 24 heavy (non-hydrogen) atoms. The van der Waals surface area contributed by atoms with Crippen molar-refractivity contribution in [2.75, 3.05) is 19.0 Å². The molecule has 0 aliphatic heterocycles. The predicted molar refractivity (Wildman–Crippen MR) is 105 cm³/mol. The van der Waals surface area contributed by atoms with Crippen LogP contribution in [-0.4, -0.2) is 30.0 Å². The van der Waals surface area contributed by atoms with E-state index < -0.39 is 0 Å². The summed E-state index contributed by atoms with van der Waals surface area (Å²) in [6.45, 7) is 2.86. The third-order valence-electron chi connectivity index (χ3n) is 2.84. The normalized spacial score (nSPS) is 10.6. The number of nitrogens with zero attached hydrogens (tertiary/aromatic N) is 2. The van der Waals surface area contributed by atoms with E-state index in [1.165, 1.54) is 11.3 Å². The van der Waals surface area contributed by atoms with E-state index in [0.717, 1.165) is 29.3 Å². The van der Waals surface area contributed by atoms with Crippen LogP contribution in [-0.2, 0) is 0 Å². The number of methoxy groups -OCH3 is 1. The molecule has 0 unspecified atom stereocenters. The number of anilines is 2. The molecule has 2 rings (SSSR count). The number of hydrazone groups is 1. The third kappa shape index (κ3) is 5.33. The average molecular weight is 384 g/mol. The zero-order valence-electron chi connectivity index (χ0n) is 13.3. The zero-order chi connectivity index (χ0) is 17.4. The quantitative estimate of drug-likeness (QED) is 0.384. The fourth-order valence-corrected chi connectivity index (χ4v) is 2.93. The van der Waals surface area contributed by atoms with E-state index in [1.54, 1.807) is 13.3 Å². The number of aromatic nitrogens is 1. The van der Waals surface area contributed by atoms with Crippen LogP contribution in [0.4, 0.5) is 10.8 Å². The molecule has 0 aliphatic carbocycles. The fourth-order valence-electron chi connectivity index (χ4n) is 1.74. The first-order chi connectivity index (χ1) is 11.6. The lowest BCUT2D eigenvalue weighted by molar-refractivity contribution is 0.417. The number of ether oxygens (including phenoxy) is 1. The Morgan fingerprint density at radius 3 is 3.00 bits per heavy atom. The first-order valence-electron chi connectivity index (χ1n) is 7.27. The molecular formula is C15H18ClN5OS2. The Labute approximate surface area is 155 Å². The Morgan fingerprint density at radius 2 is 2.25 bits per heavy atom. The molecule has 9 heteroatoms. The minimum atomic E-state index is 0.371. The van der Waals surface area contributed by atoms with Crippen LogP contribution in [0.25, 0.3) is 0 Å². The second-order valence-corrected chi connectivity index (χ2v) is 6.42. The lowest BCUT2D eigenvalue weighted by Crippen LogP contribution is -2.32. The summed E-state index contributed by atoms with van der Waals surface area (Å²) in [5.74, 6) is 0.730. The van der Waals surface area contributed by atoms with Crippen LogP contribution in [0.1, 0.15) is 18.2 Å². The first kappa shape index (κ1) is 18.4. The Morgan fingerprint density at radius 1 is 1.46 bits per heavy atom. The Hall–Kier alpha value is -1.90. The second-order valence-electron chi connectivity index (χ2n) is 4.63. The Kier molecular flexibility index (Phi) is 7.23. The van der Waals surface area contributed by atoms with Crippen LogP contribution in [0.2, 0.25) is 5.15 Å². The standard InChI is InChI=1S/C15H18ClN5OS2/c1-3-8-17-14(23)21-18-9-12-13(16)20-15(24-12)19-10-6-4-5-7-11(10)22-2/h4-7,9H,3,8H2,1-2H3,(H,19,20)(H2,17,21,23)/b18-9+. The lowest BCUT2D eigenvalue weighted by Gasteiger charge is -2.07. The summed E-state index contributed by atoms with van der Waals surface area (Å²) < 4.78 is 5.30. The van der Waals surface area contributed by atoms with Crippen molar-refractivity contribution >= 4 is 57.3 Å². The summed E-state index contributed by atoms with van der Waals surface area (Å²) in [7, 11) is 1.62. The van der Waals surface area contributed by atoms with Crippen LogP contribution in [0.5, 0.6) is 5.75 Å². The van der Waals surface area contributed by atoms with Crippen molar-refractivity contribution in [1.29, 1.82) is 0 Å². The fraction of sp³-hybridized carbons (Fsp3) is 0.267. The summed E-state index contributed by atoms with van der Waals surface area (Å²) in [5, 5.41) is 11.8. The molecule has 2 aromatic rings. The highest BCUT2D eigenvalue weighted by molar-refractivity contribution is 7.80. The van der Waals surface area contributed by atoms with Gasteiger partial charge in [-0.1, -0.05) is 42.0 Å². The van der Waals surface area contributed by atoms with Gasteiger partial charge in [-0.05, 0) is 30.8 Å². The minimum absolute atomic E-state index is 0.371. The highest BCUT2D eigenvalue weighted by Gasteiger charge is 2.10. The number of para-hydroxylation sites is 2. The van der Waals surface area contributed by atoms with E-state index in [2.05, 4.69) is 33.1 Å². The summed E-state index contributed by atoms with van der Waals surface area (Å²) in [5.41, 5.74) is 3.56. The summed E-state index contributed by atoms with van der Waals surface area (Å²) >= 11 is 12.6. The van der Waals surface area contributed by atoms with E-state index in [9.17, 15) is 0 Å². The molecule has 0 saturated carbocycles. The van der Waals surface area contributed by atoms with Crippen molar-refractivity contribution < 1.29 is 4.74 Å². The molecule has 0 atom stereocenters. The van der Waals surface area contributed by atoms with Gasteiger partial charge in [0.25, 0.3) is 0 Å². The van der Waals surface area contributed by atoms with Gasteiger partial charge >= 0.3 is 0 Å². The Balaban J connectivity index is 2.01. The first-order valence-corrected chi connectivity index (χ1v) is 8.87. The summed E-state index contributed by atoms with van der Waals surface area (Å²) in [6.07, 6.45) is 2.58. The van der Waals surface area contributed by atoms with Crippen molar-refractivity contribution in [2.45, 2.75) is 13.3 Å². The molecule has 1 aromatic carbocycles. The van der Waals surface area contributed by atoms with Crippen LogP contribution in [0.3, 0.4) is 0 Å². The molecule has 0 saturated heterocycles. The van der Waals surface area contributed by atoms with Crippen LogP contribution in [0.15, 0.2) is 29.4 Å². The minimum Gasteiger partial charge on any atom is -0.495 e. The third-order valence-corrected chi connectivity index (χ3v) is 4.38. The number of thiocarbonyl (C=S) groups is 1. The maximum Gasteiger partial charge on any atom is 0.189 e. The van der Waals surface area contributed by atoms with E-state index >= 15 is 0 Å². The molecule has 128 valence electrons. The molecule has 1 aromatic heterocycles. The number of nitrogens with one attached hydrogen (secondary N) is 3. The number of benzene rings is 1. The number of halogens is 1. The maximum absolute atomic E-state index is 6.14. The largest absolute Gasteiger partial charge is 0.495 e. The molecule has 0 bridgehead atoms. The van der Waals surface area contributed by atoms with Gasteiger partial charge in [0.1, 0.15) is 5.75 Å². The van der Waals surface area contributed by atoms with E-state index in [0.29, 0.717) is 15.4 Å². The average Bonchev–Trinajstić information content (AvgIpc) is 2.93. The molecule has 1 heterocycles. The molecule has 0 radical (unpaired) electrons. The van der Waals surface area contributed by atoms with Gasteiger partial charge in [0.05, 0.1) is 23.9 Å². The Bertz CT molecular complexity index is 720. The lowest BCUT2D eigenvalue weighted by atomic mass is 10.3. The molecular weight excluding hydrogens is 366 g/mol. The number of hydrogen-bond acceptors (Lipinski definition) is 6. The van der Waals surface area contributed by atoms with Crippen molar-refractivity contribution in [1.82, 2.24) is 15.7 Å². The van der Waals surface area contributed by atoms with Crippen molar-refractivity contribution in [3.05, 3.63) is 34.3 Å². The van der Waals surface area contributed by atoms with Crippen LogP contribution < -0.4 is 20.8 Å². The topological polar surface area (TPSA) is 70.6 Å². The number of thiazole rings is 1. The van der Waals surface area contributed by atoms with Crippen molar-refractivity contribution in [2.24, 2.45) is 5.10 Å². The van der Waals surface area contributed by atoms with Gasteiger partial charge in [-0.3, -0.25) is 5.43 Å². The van der Waals surface area contributed by atoms with Crippen molar-refractivity contribution in [3.8, 4) is 5.75 Å². The molecule has 0 aliphatic rings. The van der Waals surface area contributed by atoms with Gasteiger partial charge in [-0.15, -0.1) is 0 Å². The maximum atomic E-state index is 6.14. The van der Waals surface area contributed by atoms with Gasteiger partial charge in [0.15, 0.2) is 15.4 Å². The van der Waals surface area contributed by atoms with Gasteiger partial charge in [-0.25, -0.2) is 4.98 Å². The van der Waals surface area contributed by atoms with E-state index in [4.69, 9.17) is 28.6 Å². The number of hydrogen-bond donors (Lipinski definition) is 3. The predicted octanol–water partition coefficient (Wildman–Crippen LogP) is 3.76. The van der Waals surface area contributed by atoms with Gasteiger partial charge in [0.2, 0.25) is 0 Å². The molecule has 3 N–H and O–H groups in total. The molecule has 6 nitrogen and oxygen atoms in total. The molecule has 0 spiro atoms. The smallest absolute Gasteiger partial charge is 0.189 e. The van der Waals surface area contributed by atoms with Gasteiger partial charge in [-0.2, -0.15) is 5.10 Å². The second kappa shape index (κ2) is 9.41. The van der Waals surface area contributed by atoms with Crippen LogP contribution >= 0.6 is 35.2 Å². The molecule has 0 amide bonds. The monoisotopic (exact) mass is 383 g/mol. The molecule has 0 fully saturated rings. The highest BCUT2D eigenvalue weighted by Crippen LogP contribution is 2.31.